The fraction of sp³-hybridized carbons (Fsp3) is 0.900. The van der Waals surface area contributed by atoms with Crippen molar-refractivity contribution in [2.24, 2.45) is 0 Å². The first-order valence-corrected chi connectivity index (χ1v) is 5.36. The fourth-order valence-electron chi connectivity index (χ4n) is 1.64. The standard InChI is InChI=1S/C10H21N3O2/c1-8(7-15-3)13(2)10(14)9-6-11-4-5-12-9/h8-9,11-12H,4-7H2,1-3H3. The highest BCUT2D eigenvalue weighted by molar-refractivity contribution is 5.82. The Balaban J connectivity index is 2.43. The summed E-state index contributed by atoms with van der Waals surface area (Å²) in [5.74, 6) is 0.131. The number of nitrogens with zero attached hydrogens (tertiary/aromatic N) is 1. The van der Waals surface area contributed by atoms with Crippen LogP contribution in [0, 0.1) is 0 Å². The third-order valence-electron chi connectivity index (χ3n) is 2.76. The molecule has 0 radical (unpaired) electrons. The van der Waals surface area contributed by atoms with Crippen molar-refractivity contribution in [1.82, 2.24) is 15.5 Å². The first kappa shape index (κ1) is 12.4. The molecular weight excluding hydrogens is 194 g/mol. The van der Waals surface area contributed by atoms with Gasteiger partial charge < -0.3 is 20.3 Å². The zero-order valence-electron chi connectivity index (χ0n) is 9.75. The molecule has 0 aromatic rings. The van der Waals surface area contributed by atoms with Crippen LogP contribution in [0.1, 0.15) is 6.92 Å². The van der Waals surface area contributed by atoms with Crippen molar-refractivity contribution in [3.8, 4) is 0 Å². The number of carbonyl (C=O) groups is 1. The molecule has 0 aromatic carbocycles. The molecule has 15 heavy (non-hydrogen) atoms. The Hall–Kier alpha value is -0.650. The predicted octanol–water partition coefficient (Wildman–Crippen LogP) is -0.959. The van der Waals surface area contributed by atoms with Gasteiger partial charge in [-0.3, -0.25) is 4.79 Å². The van der Waals surface area contributed by atoms with E-state index in [1.165, 1.54) is 0 Å². The summed E-state index contributed by atoms with van der Waals surface area (Å²) in [5.41, 5.74) is 0. The van der Waals surface area contributed by atoms with Gasteiger partial charge in [0.15, 0.2) is 0 Å². The van der Waals surface area contributed by atoms with Crippen molar-refractivity contribution in [3.63, 3.8) is 0 Å². The Morgan fingerprint density at radius 2 is 2.33 bits per heavy atom. The molecular formula is C10H21N3O2. The maximum Gasteiger partial charge on any atom is 0.241 e. The van der Waals surface area contributed by atoms with Gasteiger partial charge in [0.2, 0.25) is 5.91 Å². The lowest BCUT2D eigenvalue weighted by molar-refractivity contribution is -0.135. The molecule has 5 heteroatoms. The molecule has 2 atom stereocenters. The fourth-order valence-corrected chi connectivity index (χ4v) is 1.64. The van der Waals surface area contributed by atoms with Crippen LogP contribution in [0.2, 0.25) is 0 Å². The Morgan fingerprint density at radius 3 is 2.87 bits per heavy atom. The van der Waals surface area contributed by atoms with Crippen LogP contribution >= 0.6 is 0 Å². The molecule has 1 saturated heterocycles. The number of carbonyl (C=O) groups excluding carboxylic acids is 1. The van der Waals surface area contributed by atoms with Crippen LogP contribution < -0.4 is 10.6 Å². The lowest BCUT2D eigenvalue weighted by Gasteiger charge is -2.31. The van der Waals surface area contributed by atoms with Crippen molar-refractivity contribution in [2.75, 3.05) is 40.4 Å². The molecule has 0 saturated carbocycles. The number of amides is 1. The van der Waals surface area contributed by atoms with Crippen LogP contribution in [0.3, 0.4) is 0 Å². The van der Waals surface area contributed by atoms with Gasteiger partial charge in [0, 0.05) is 33.8 Å². The lowest BCUT2D eigenvalue weighted by Crippen LogP contribution is -2.57. The molecule has 2 N–H and O–H groups in total. The molecule has 1 aliphatic rings. The van der Waals surface area contributed by atoms with Crippen molar-refractivity contribution in [3.05, 3.63) is 0 Å². The second-order valence-electron chi connectivity index (χ2n) is 3.96. The van der Waals surface area contributed by atoms with Gasteiger partial charge in [0.1, 0.15) is 0 Å². The van der Waals surface area contributed by atoms with Crippen LogP contribution in [0.5, 0.6) is 0 Å². The van der Waals surface area contributed by atoms with E-state index in [-0.39, 0.29) is 18.0 Å². The van der Waals surface area contributed by atoms with E-state index in [0.717, 1.165) is 13.1 Å². The molecule has 0 spiro atoms. The number of rotatable bonds is 4. The maximum absolute atomic E-state index is 12.0. The topological polar surface area (TPSA) is 53.6 Å². The second kappa shape index (κ2) is 6.05. The summed E-state index contributed by atoms with van der Waals surface area (Å²) in [5, 5.41) is 6.40. The number of methoxy groups -OCH3 is 1. The molecule has 1 fully saturated rings. The van der Waals surface area contributed by atoms with E-state index in [2.05, 4.69) is 10.6 Å². The van der Waals surface area contributed by atoms with Crippen LogP contribution in [0.4, 0.5) is 0 Å². The normalized spacial score (nSPS) is 23.5. The molecule has 0 aromatic heterocycles. The Kier molecular flexibility index (Phi) is 5.01. The zero-order valence-corrected chi connectivity index (χ0v) is 9.75. The number of ether oxygens (including phenoxy) is 1. The third-order valence-corrected chi connectivity index (χ3v) is 2.76. The Bertz CT molecular complexity index is 205. The van der Waals surface area contributed by atoms with Crippen molar-refractivity contribution < 1.29 is 9.53 Å². The van der Waals surface area contributed by atoms with E-state index < -0.39 is 0 Å². The van der Waals surface area contributed by atoms with Gasteiger partial charge in [0.25, 0.3) is 0 Å². The van der Waals surface area contributed by atoms with Gasteiger partial charge in [-0.2, -0.15) is 0 Å². The molecule has 88 valence electrons. The van der Waals surface area contributed by atoms with Gasteiger partial charge in [0.05, 0.1) is 18.7 Å². The molecule has 1 amide bonds. The summed E-state index contributed by atoms with van der Waals surface area (Å²) in [7, 11) is 3.47. The average molecular weight is 215 g/mol. The van der Waals surface area contributed by atoms with Crippen molar-refractivity contribution in [2.45, 2.75) is 19.0 Å². The van der Waals surface area contributed by atoms with Gasteiger partial charge in [-0.25, -0.2) is 0 Å². The van der Waals surface area contributed by atoms with Gasteiger partial charge in [-0.15, -0.1) is 0 Å². The molecule has 0 aliphatic carbocycles. The first-order valence-electron chi connectivity index (χ1n) is 5.36. The number of nitrogens with one attached hydrogen (secondary N) is 2. The minimum Gasteiger partial charge on any atom is -0.383 e. The zero-order chi connectivity index (χ0) is 11.3. The van der Waals surface area contributed by atoms with Gasteiger partial charge in [-0.05, 0) is 6.92 Å². The highest BCUT2D eigenvalue weighted by Gasteiger charge is 2.25. The summed E-state index contributed by atoms with van der Waals surface area (Å²) in [6.45, 7) is 5.05. The molecule has 2 unspecified atom stereocenters. The quantitative estimate of drug-likeness (QED) is 0.634. The minimum absolute atomic E-state index is 0.0944. The lowest BCUT2D eigenvalue weighted by atomic mass is 10.2. The van der Waals surface area contributed by atoms with E-state index in [1.54, 1.807) is 12.0 Å². The Morgan fingerprint density at radius 1 is 1.60 bits per heavy atom. The predicted molar refractivity (Wildman–Crippen MR) is 58.8 cm³/mol. The van der Waals surface area contributed by atoms with E-state index in [0.29, 0.717) is 13.2 Å². The van der Waals surface area contributed by atoms with E-state index in [4.69, 9.17) is 4.74 Å². The first-order chi connectivity index (χ1) is 7.16. The summed E-state index contributed by atoms with van der Waals surface area (Å²) >= 11 is 0. The van der Waals surface area contributed by atoms with Gasteiger partial charge >= 0.3 is 0 Å². The SMILES string of the molecule is COCC(C)N(C)C(=O)C1CNCCN1. The highest BCUT2D eigenvalue weighted by Crippen LogP contribution is 2.01. The number of likely N-dealkylation sites (N-methyl/N-ethyl adjacent to an activating group) is 1. The number of piperazine rings is 1. The summed E-state index contributed by atoms with van der Waals surface area (Å²) in [6.07, 6.45) is 0. The molecule has 1 heterocycles. The largest absolute Gasteiger partial charge is 0.383 e. The van der Waals surface area contributed by atoms with Crippen LogP contribution in [-0.4, -0.2) is 63.3 Å². The Labute approximate surface area is 91.2 Å². The summed E-state index contributed by atoms with van der Waals surface area (Å²) < 4.78 is 5.03. The van der Waals surface area contributed by atoms with Gasteiger partial charge in [-0.1, -0.05) is 0 Å². The van der Waals surface area contributed by atoms with Crippen LogP contribution in [0.15, 0.2) is 0 Å². The van der Waals surface area contributed by atoms with Crippen LogP contribution in [-0.2, 0) is 9.53 Å². The maximum atomic E-state index is 12.0. The number of hydrogen-bond donors (Lipinski definition) is 2. The van der Waals surface area contributed by atoms with Crippen molar-refractivity contribution >= 4 is 5.91 Å². The molecule has 1 aliphatic heterocycles. The number of hydrogen-bond acceptors (Lipinski definition) is 4. The highest BCUT2D eigenvalue weighted by atomic mass is 16.5. The van der Waals surface area contributed by atoms with E-state index in [9.17, 15) is 4.79 Å². The minimum atomic E-state index is -0.0944. The summed E-state index contributed by atoms with van der Waals surface area (Å²) in [4.78, 5) is 13.7. The van der Waals surface area contributed by atoms with E-state index in [1.807, 2.05) is 14.0 Å². The molecule has 1 rings (SSSR count). The monoisotopic (exact) mass is 215 g/mol. The average Bonchev–Trinajstić information content (AvgIpc) is 2.28. The van der Waals surface area contributed by atoms with Crippen molar-refractivity contribution in [1.29, 1.82) is 0 Å². The van der Waals surface area contributed by atoms with Crippen LogP contribution in [0.25, 0.3) is 0 Å². The summed E-state index contributed by atoms with van der Waals surface area (Å²) in [6, 6.07) is 0.0225. The second-order valence-corrected chi connectivity index (χ2v) is 3.96. The molecule has 5 nitrogen and oxygen atoms in total. The molecule has 0 bridgehead atoms. The smallest absolute Gasteiger partial charge is 0.241 e. The van der Waals surface area contributed by atoms with E-state index >= 15 is 0 Å². The third kappa shape index (κ3) is 3.44.